The van der Waals surface area contributed by atoms with Crippen LogP contribution in [-0.4, -0.2) is 15.2 Å². The average Bonchev–Trinajstić information content (AvgIpc) is 3.10. The van der Waals surface area contributed by atoms with Gasteiger partial charge in [0.05, 0.1) is 4.90 Å². The van der Waals surface area contributed by atoms with Gasteiger partial charge in [-0.15, -0.1) is 0 Å². The van der Waals surface area contributed by atoms with Crippen molar-refractivity contribution in [3.63, 3.8) is 0 Å². The van der Waals surface area contributed by atoms with E-state index in [0.717, 1.165) is 27.8 Å². The summed E-state index contributed by atoms with van der Waals surface area (Å²) in [7, 11) is -3.74. The SMILES string of the molecule is Cc1cc(-c2cc3c(cc2-c2ccc(S(N)(=O)=O)cc2)OCO3)ccc1Cl. The van der Waals surface area contributed by atoms with Crippen molar-refractivity contribution < 1.29 is 17.9 Å². The highest BCUT2D eigenvalue weighted by Crippen LogP contribution is 2.43. The summed E-state index contributed by atoms with van der Waals surface area (Å²) in [5.74, 6) is 1.32. The lowest BCUT2D eigenvalue weighted by Crippen LogP contribution is -2.11. The summed E-state index contributed by atoms with van der Waals surface area (Å²) in [5, 5.41) is 5.89. The van der Waals surface area contributed by atoms with Crippen LogP contribution in [0.25, 0.3) is 22.3 Å². The maximum absolute atomic E-state index is 11.5. The summed E-state index contributed by atoms with van der Waals surface area (Å²) < 4.78 is 34.1. The molecule has 1 aliphatic heterocycles. The van der Waals surface area contributed by atoms with E-state index in [1.165, 1.54) is 12.1 Å². The molecule has 1 heterocycles. The van der Waals surface area contributed by atoms with Gasteiger partial charge in [-0.3, -0.25) is 0 Å². The van der Waals surface area contributed by atoms with Gasteiger partial charge < -0.3 is 9.47 Å². The zero-order valence-corrected chi connectivity index (χ0v) is 16.0. The number of halogens is 1. The van der Waals surface area contributed by atoms with Crippen molar-refractivity contribution in [2.24, 2.45) is 5.14 Å². The Morgan fingerprint density at radius 1 is 0.889 bits per heavy atom. The van der Waals surface area contributed by atoms with Crippen molar-refractivity contribution in [1.29, 1.82) is 0 Å². The minimum Gasteiger partial charge on any atom is -0.454 e. The standard InChI is InChI=1S/C20H16ClNO4S/c1-12-8-14(4-7-18(12)21)17-10-20-19(25-11-26-20)9-16(17)13-2-5-15(6-3-13)27(22,23)24/h2-10H,11H2,1H3,(H2,22,23,24). The monoisotopic (exact) mass is 401 g/mol. The molecule has 0 atom stereocenters. The summed E-state index contributed by atoms with van der Waals surface area (Å²) >= 11 is 6.17. The fourth-order valence-corrected chi connectivity index (χ4v) is 3.69. The molecule has 0 saturated carbocycles. The quantitative estimate of drug-likeness (QED) is 0.707. The van der Waals surface area contributed by atoms with Crippen LogP contribution in [0.5, 0.6) is 11.5 Å². The van der Waals surface area contributed by atoms with Gasteiger partial charge in [-0.1, -0.05) is 29.8 Å². The minimum atomic E-state index is -3.74. The number of sulfonamides is 1. The molecule has 4 rings (SSSR count). The number of fused-ring (bicyclic) bond motifs is 1. The van der Waals surface area contributed by atoms with Gasteiger partial charge in [0.25, 0.3) is 0 Å². The van der Waals surface area contributed by atoms with Gasteiger partial charge >= 0.3 is 0 Å². The number of primary sulfonamides is 1. The van der Waals surface area contributed by atoms with Gasteiger partial charge in [0.2, 0.25) is 16.8 Å². The Labute approximate surface area is 162 Å². The molecule has 138 valence electrons. The molecule has 1 aliphatic rings. The van der Waals surface area contributed by atoms with Crippen molar-refractivity contribution in [3.8, 4) is 33.8 Å². The first kappa shape index (κ1) is 17.9. The predicted octanol–water partition coefficient (Wildman–Crippen LogP) is 4.36. The Kier molecular flexibility index (Phi) is 4.34. The third kappa shape index (κ3) is 3.39. The highest BCUT2D eigenvalue weighted by molar-refractivity contribution is 7.89. The van der Waals surface area contributed by atoms with E-state index in [9.17, 15) is 8.42 Å². The second kappa shape index (κ2) is 6.56. The van der Waals surface area contributed by atoms with Crippen LogP contribution < -0.4 is 14.6 Å². The Balaban J connectivity index is 1.90. The Bertz CT molecular complexity index is 1140. The van der Waals surface area contributed by atoms with Crippen LogP contribution >= 0.6 is 11.6 Å². The molecule has 27 heavy (non-hydrogen) atoms. The van der Waals surface area contributed by atoms with Crippen LogP contribution in [0.2, 0.25) is 5.02 Å². The molecule has 7 heteroatoms. The summed E-state index contributed by atoms with van der Waals surface area (Å²) in [4.78, 5) is 0.0656. The van der Waals surface area contributed by atoms with E-state index in [4.69, 9.17) is 26.2 Å². The van der Waals surface area contributed by atoms with Crippen molar-refractivity contribution in [3.05, 3.63) is 65.2 Å². The maximum atomic E-state index is 11.5. The fourth-order valence-electron chi connectivity index (χ4n) is 3.06. The Hall–Kier alpha value is -2.54. The number of ether oxygens (including phenoxy) is 2. The van der Waals surface area contributed by atoms with E-state index < -0.39 is 10.0 Å². The van der Waals surface area contributed by atoms with Gasteiger partial charge in [-0.25, -0.2) is 13.6 Å². The summed E-state index contributed by atoms with van der Waals surface area (Å²) in [5.41, 5.74) is 4.59. The zero-order chi connectivity index (χ0) is 19.2. The first-order valence-corrected chi connectivity index (χ1v) is 10.1. The van der Waals surface area contributed by atoms with Crippen LogP contribution in [-0.2, 0) is 10.0 Å². The van der Waals surface area contributed by atoms with Gasteiger partial charge in [0.15, 0.2) is 11.5 Å². The molecule has 0 spiro atoms. The molecule has 0 aliphatic carbocycles. The lowest BCUT2D eigenvalue weighted by atomic mass is 9.93. The van der Waals surface area contributed by atoms with Crippen molar-refractivity contribution >= 4 is 21.6 Å². The van der Waals surface area contributed by atoms with E-state index in [2.05, 4.69) is 0 Å². The number of nitrogens with two attached hydrogens (primary N) is 1. The summed E-state index contributed by atoms with van der Waals surface area (Å²) in [6, 6.07) is 16.1. The normalized spacial score (nSPS) is 13.0. The fraction of sp³-hybridized carbons (Fsp3) is 0.100. The second-order valence-electron chi connectivity index (χ2n) is 6.28. The number of hydrogen-bond acceptors (Lipinski definition) is 4. The molecule has 0 amide bonds. The van der Waals surface area contributed by atoms with E-state index in [0.29, 0.717) is 16.5 Å². The number of aryl methyl sites for hydroxylation is 1. The first-order valence-electron chi connectivity index (χ1n) is 8.16. The molecule has 3 aromatic carbocycles. The molecule has 0 fully saturated rings. The van der Waals surface area contributed by atoms with Crippen molar-refractivity contribution in [2.45, 2.75) is 11.8 Å². The third-order valence-electron chi connectivity index (χ3n) is 4.48. The molecule has 0 saturated heterocycles. The molecule has 5 nitrogen and oxygen atoms in total. The van der Waals surface area contributed by atoms with Crippen LogP contribution in [0, 0.1) is 6.92 Å². The van der Waals surface area contributed by atoms with Gasteiger partial charge in [-0.2, -0.15) is 0 Å². The van der Waals surface area contributed by atoms with Crippen molar-refractivity contribution in [1.82, 2.24) is 0 Å². The Morgan fingerprint density at radius 2 is 1.44 bits per heavy atom. The maximum Gasteiger partial charge on any atom is 0.238 e. The third-order valence-corrected chi connectivity index (χ3v) is 5.83. The van der Waals surface area contributed by atoms with E-state index in [1.54, 1.807) is 12.1 Å². The highest BCUT2D eigenvalue weighted by atomic mass is 35.5. The molecular weight excluding hydrogens is 386 g/mol. The molecule has 2 N–H and O–H groups in total. The van der Waals surface area contributed by atoms with Crippen molar-refractivity contribution in [2.75, 3.05) is 6.79 Å². The van der Waals surface area contributed by atoms with Gasteiger partial charge in [0.1, 0.15) is 0 Å². The topological polar surface area (TPSA) is 78.6 Å². The molecule has 3 aromatic rings. The minimum absolute atomic E-state index is 0.0656. The predicted molar refractivity (Wildman–Crippen MR) is 105 cm³/mol. The average molecular weight is 402 g/mol. The van der Waals surface area contributed by atoms with Crippen LogP contribution in [0.3, 0.4) is 0 Å². The van der Waals surface area contributed by atoms with Crippen LogP contribution in [0.1, 0.15) is 5.56 Å². The summed E-state index contributed by atoms with van der Waals surface area (Å²) in [6.45, 7) is 2.11. The highest BCUT2D eigenvalue weighted by Gasteiger charge is 2.20. The molecular formula is C20H16ClNO4S. The van der Waals surface area contributed by atoms with Gasteiger partial charge in [0, 0.05) is 5.02 Å². The lowest BCUT2D eigenvalue weighted by Gasteiger charge is -2.13. The largest absolute Gasteiger partial charge is 0.454 e. The van der Waals surface area contributed by atoms with E-state index in [1.807, 2.05) is 37.3 Å². The molecule has 0 aromatic heterocycles. The smallest absolute Gasteiger partial charge is 0.238 e. The number of hydrogen-bond donors (Lipinski definition) is 1. The lowest BCUT2D eigenvalue weighted by molar-refractivity contribution is 0.174. The van der Waals surface area contributed by atoms with Crippen LogP contribution in [0.4, 0.5) is 0 Å². The summed E-state index contributed by atoms with van der Waals surface area (Å²) in [6.07, 6.45) is 0. The van der Waals surface area contributed by atoms with Crippen LogP contribution in [0.15, 0.2) is 59.5 Å². The molecule has 0 bridgehead atoms. The number of benzene rings is 3. The molecule has 0 radical (unpaired) electrons. The first-order chi connectivity index (χ1) is 12.8. The Morgan fingerprint density at radius 3 is 2.00 bits per heavy atom. The van der Waals surface area contributed by atoms with Gasteiger partial charge in [-0.05, 0) is 71.1 Å². The number of rotatable bonds is 3. The second-order valence-corrected chi connectivity index (χ2v) is 8.25. The zero-order valence-electron chi connectivity index (χ0n) is 14.4. The van der Waals surface area contributed by atoms with E-state index in [-0.39, 0.29) is 11.7 Å². The van der Waals surface area contributed by atoms with E-state index >= 15 is 0 Å². The molecule has 0 unspecified atom stereocenters.